The van der Waals surface area contributed by atoms with Crippen molar-refractivity contribution in [3.05, 3.63) is 63.8 Å². The van der Waals surface area contributed by atoms with Crippen LogP contribution in [0.15, 0.2) is 41.2 Å². The number of pyridine rings is 1. The van der Waals surface area contributed by atoms with Gasteiger partial charge in [0.25, 0.3) is 5.56 Å². The van der Waals surface area contributed by atoms with Crippen molar-refractivity contribution in [1.82, 2.24) is 14.4 Å². The lowest BCUT2D eigenvalue weighted by atomic mass is 9.83. The summed E-state index contributed by atoms with van der Waals surface area (Å²) >= 11 is 0. The SMILES string of the molecule is Cc1cc(O)cc(=O)n1CC(=O)N1CCCC[C@H]1C1CCN(C(=O)Cc2ccccc2F)CC1. The summed E-state index contributed by atoms with van der Waals surface area (Å²) in [5, 5.41) is 9.61. The second-order valence-electron chi connectivity index (χ2n) is 9.42. The smallest absolute Gasteiger partial charge is 0.254 e. The van der Waals surface area contributed by atoms with Crippen molar-refractivity contribution >= 4 is 11.8 Å². The Morgan fingerprint density at radius 3 is 2.47 bits per heavy atom. The molecular weight excluding hydrogens is 437 g/mol. The Kier molecular flexibility index (Phi) is 7.34. The van der Waals surface area contributed by atoms with Gasteiger partial charge >= 0.3 is 0 Å². The second kappa shape index (κ2) is 10.4. The summed E-state index contributed by atoms with van der Waals surface area (Å²) in [6, 6.07) is 9.08. The molecule has 4 rings (SSSR count). The molecule has 0 bridgehead atoms. The summed E-state index contributed by atoms with van der Waals surface area (Å²) in [6.07, 6.45) is 4.57. The van der Waals surface area contributed by atoms with Crippen LogP contribution in [-0.2, 0) is 22.6 Å². The number of halogens is 1. The van der Waals surface area contributed by atoms with E-state index in [4.69, 9.17) is 0 Å². The third kappa shape index (κ3) is 5.32. The van der Waals surface area contributed by atoms with Gasteiger partial charge in [-0.15, -0.1) is 0 Å². The first-order valence-corrected chi connectivity index (χ1v) is 12.0. The zero-order valence-electron chi connectivity index (χ0n) is 19.6. The molecule has 1 N–H and O–H groups in total. The topological polar surface area (TPSA) is 82.8 Å². The molecule has 2 aromatic rings. The van der Waals surface area contributed by atoms with Crippen LogP contribution in [0.4, 0.5) is 4.39 Å². The first-order chi connectivity index (χ1) is 16.3. The first-order valence-electron chi connectivity index (χ1n) is 12.0. The molecular formula is C26H32FN3O4. The number of carbonyl (C=O) groups is 2. The molecule has 2 amide bonds. The van der Waals surface area contributed by atoms with Crippen molar-refractivity contribution in [2.75, 3.05) is 19.6 Å². The maximum Gasteiger partial charge on any atom is 0.254 e. The van der Waals surface area contributed by atoms with Gasteiger partial charge in [-0.3, -0.25) is 14.4 Å². The number of amides is 2. The van der Waals surface area contributed by atoms with E-state index in [-0.39, 0.29) is 47.9 Å². The van der Waals surface area contributed by atoms with E-state index in [0.29, 0.717) is 36.8 Å². The fourth-order valence-corrected chi connectivity index (χ4v) is 5.35. The van der Waals surface area contributed by atoms with Crippen LogP contribution in [0.3, 0.4) is 0 Å². The maximum atomic E-state index is 13.9. The van der Waals surface area contributed by atoms with Gasteiger partial charge in [0.05, 0.1) is 6.42 Å². The van der Waals surface area contributed by atoms with Gasteiger partial charge in [-0.25, -0.2) is 4.39 Å². The van der Waals surface area contributed by atoms with Crippen molar-refractivity contribution in [1.29, 1.82) is 0 Å². The van der Waals surface area contributed by atoms with Gasteiger partial charge in [0.2, 0.25) is 11.8 Å². The van der Waals surface area contributed by atoms with E-state index in [0.717, 1.165) is 38.2 Å². The Hall–Kier alpha value is -3.16. The lowest BCUT2D eigenvalue weighted by Gasteiger charge is -2.44. The summed E-state index contributed by atoms with van der Waals surface area (Å²) in [6.45, 7) is 3.54. The van der Waals surface area contributed by atoms with Crippen LogP contribution < -0.4 is 5.56 Å². The average molecular weight is 470 g/mol. The third-order valence-corrected chi connectivity index (χ3v) is 7.22. The molecule has 34 heavy (non-hydrogen) atoms. The van der Waals surface area contributed by atoms with Crippen LogP contribution in [0, 0.1) is 18.7 Å². The fraction of sp³-hybridized carbons (Fsp3) is 0.500. The molecule has 7 nitrogen and oxygen atoms in total. The Morgan fingerprint density at radius 2 is 1.76 bits per heavy atom. The molecule has 2 aliphatic heterocycles. The molecule has 1 atom stereocenters. The minimum Gasteiger partial charge on any atom is -0.508 e. The molecule has 3 heterocycles. The van der Waals surface area contributed by atoms with Crippen LogP contribution in [0.1, 0.15) is 43.4 Å². The highest BCUT2D eigenvalue weighted by molar-refractivity contribution is 5.79. The number of aromatic hydroxyl groups is 1. The number of hydrogen-bond donors (Lipinski definition) is 1. The lowest BCUT2D eigenvalue weighted by molar-refractivity contribution is -0.139. The molecule has 0 radical (unpaired) electrons. The van der Waals surface area contributed by atoms with Crippen molar-refractivity contribution in [3.63, 3.8) is 0 Å². The zero-order chi connectivity index (χ0) is 24.2. The molecule has 1 aromatic heterocycles. The number of rotatable bonds is 5. The van der Waals surface area contributed by atoms with E-state index in [9.17, 15) is 23.9 Å². The average Bonchev–Trinajstić information content (AvgIpc) is 2.83. The van der Waals surface area contributed by atoms with Crippen molar-refractivity contribution < 1.29 is 19.1 Å². The van der Waals surface area contributed by atoms with Crippen LogP contribution in [0.2, 0.25) is 0 Å². The molecule has 2 saturated heterocycles. The number of piperidine rings is 2. The molecule has 0 unspecified atom stereocenters. The highest BCUT2D eigenvalue weighted by Crippen LogP contribution is 2.31. The number of aryl methyl sites for hydroxylation is 1. The van der Waals surface area contributed by atoms with Gasteiger partial charge in [0.1, 0.15) is 18.1 Å². The predicted molar refractivity (Wildman–Crippen MR) is 126 cm³/mol. The minimum absolute atomic E-state index is 0.0403. The van der Waals surface area contributed by atoms with Crippen LogP contribution in [-0.4, -0.2) is 57.0 Å². The summed E-state index contributed by atoms with van der Waals surface area (Å²) in [4.78, 5) is 41.9. The number of aromatic nitrogens is 1. The number of benzene rings is 1. The lowest BCUT2D eigenvalue weighted by Crippen LogP contribution is -2.52. The van der Waals surface area contributed by atoms with Crippen molar-refractivity contribution in [2.24, 2.45) is 5.92 Å². The molecule has 182 valence electrons. The Balaban J connectivity index is 1.38. The van der Waals surface area contributed by atoms with E-state index in [1.807, 2.05) is 4.90 Å². The van der Waals surface area contributed by atoms with Crippen LogP contribution in [0.25, 0.3) is 0 Å². The summed E-state index contributed by atoms with van der Waals surface area (Å²) in [5.74, 6) is -0.316. The van der Waals surface area contributed by atoms with Gasteiger partial charge in [-0.05, 0) is 62.6 Å². The quantitative estimate of drug-likeness (QED) is 0.730. The van der Waals surface area contributed by atoms with E-state index in [2.05, 4.69) is 0 Å². The molecule has 0 saturated carbocycles. The minimum atomic E-state index is -0.388. The molecule has 8 heteroatoms. The van der Waals surface area contributed by atoms with Gasteiger partial charge in [0.15, 0.2) is 0 Å². The second-order valence-corrected chi connectivity index (χ2v) is 9.42. The van der Waals surface area contributed by atoms with Gasteiger partial charge in [-0.1, -0.05) is 18.2 Å². The monoisotopic (exact) mass is 469 g/mol. The van der Waals surface area contributed by atoms with Gasteiger partial charge in [0, 0.05) is 37.4 Å². The molecule has 0 aliphatic carbocycles. The molecule has 2 fully saturated rings. The molecule has 1 aromatic carbocycles. The first kappa shape index (κ1) is 24.0. The van der Waals surface area contributed by atoms with Gasteiger partial charge in [-0.2, -0.15) is 0 Å². The number of hydrogen-bond acceptors (Lipinski definition) is 4. The maximum absolute atomic E-state index is 13.9. The van der Waals surface area contributed by atoms with Crippen LogP contribution >= 0.6 is 0 Å². The summed E-state index contributed by atoms with van der Waals surface area (Å²) < 4.78 is 15.3. The number of nitrogens with zero attached hydrogens (tertiary/aromatic N) is 3. The predicted octanol–water partition coefficient (Wildman–Crippen LogP) is 2.86. The van der Waals surface area contributed by atoms with Crippen molar-refractivity contribution in [2.45, 2.75) is 58.0 Å². The number of carbonyl (C=O) groups excluding carboxylic acids is 2. The largest absolute Gasteiger partial charge is 0.508 e. The third-order valence-electron chi connectivity index (χ3n) is 7.22. The summed E-state index contributed by atoms with van der Waals surface area (Å²) in [5.41, 5.74) is 0.577. The van der Waals surface area contributed by atoms with Gasteiger partial charge < -0.3 is 19.5 Å². The molecule has 0 spiro atoms. The van der Waals surface area contributed by atoms with Crippen LogP contribution in [0.5, 0.6) is 5.75 Å². The summed E-state index contributed by atoms with van der Waals surface area (Å²) in [7, 11) is 0. The van der Waals surface area contributed by atoms with E-state index in [1.165, 1.54) is 16.7 Å². The Bertz CT molecular complexity index is 1110. The van der Waals surface area contributed by atoms with E-state index < -0.39 is 0 Å². The highest BCUT2D eigenvalue weighted by Gasteiger charge is 2.35. The Labute approximate surface area is 198 Å². The molecule has 2 aliphatic rings. The Morgan fingerprint density at radius 1 is 1.03 bits per heavy atom. The standard InChI is InChI=1S/C26H32FN3O4/c1-18-14-21(31)16-25(33)30(18)17-26(34)29-11-5-4-8-23(29)19-9-12-28(13-10-19)24(32)15-20-6-2-3-7-22(20)27/h2-3,6-7,14,16,19,23,31H,4-5,8-13,15,17H2,1H3/t23-/m0/s1. The zero-order valence-corrected chi connectivity index (χ0v) is 19.6. The highest BCUT2D eigenvalue weighted by atomic mass is 19.1. The normalized spacial score (nSPS) is 19.3. The van der Waals surface area contributed by atoms with E-state index >= 15 is 0 Å². The van der Waals surface area contributed by atoms with E-state index in [1.54, 1.807) is 30.0 Å². The number of likely N-dealkylation sites (tertiary alicyclic amines) is 2. The fourth-order valence-electron chi connectivity index (χ4n) is 5.35. The van der Waals surface area contributed by atoms with Crippen molar-refractivity contribution in [3.8, 4) is 5.75 Å².